The molecule has 0 aromatic heterocycles. The Labute approximate surface area is 93.8 Å². The third-order valence-electron chi connectivity index (χ3n) is 1.74. The summed E-state index contributed by atoms with van der Waals surface area (Å²) in [7, 11) is 0. The highest BCUT2D eigenvalue weighted by atomic mass is 79.9. The third kappa shape index (κ3) is 2.77. The van der Waals surface area contributed by atoms with Crippen molar-refractivity contribution in [3.63, 3.8) is 0 Å². The van der Waals surface area contributed by atoms with Gasteiger partial charge in [0, 0.05) is 27.5 Å². The van der Waals surface area contributed by atoms with E-state index < -0.39 is 6.10 Å². The molecular formula is C9H10Br2O2. The molecule has 1 atom stereocenters. The fourth-order valence-electron chi connectivity index (χ4n) is 1.10. The maximum Gasteiger partial charge on any atom is 0.0833 e. The van der Waals surface area contributed by atoms with Crippen molar-refractivity contribution < 1.29 is 10.2 Å². The van der Waals surface area contributed by atoms with E-state index in [9.17, 15) is 5.11 Å². The predicted molar refractivity (Wildman–Crippen MR) is 58.5 cm³/mol. The van der Waals surface area contributed by atoms with Crippen LogP contribution in [0.3, 0.4) is 0 Å². The first-order valence-corrected chi connectivity index (χ1v) is 5.48. The van der Waals surface area contributed by atoms with Crippen LogP contribution >= 0.6 is 31.9 Å². The van der Waals surface area contributed by atoms with Gasteiger partial charge in [-0.2, -0.15) is 0 Å². The number of hydrogen-bond acceptors (Lipinski definition) is 2. The van der Waals surface area contributed by atoms with Crippen molar-refractivity contribution in [2.75, 3.05) is 6.61 Å². The largest absolute Gasteiger partial charge is 0.396 e. The Morgan fingerprint density at radius 2 is 1.77 bits per heavy atom. The second-order valence-electron chi connectivity index (χ2n) is 2.66. The Morgan fingerprint density at radius 1 is 1.23 bits per heavy atom. The maximum absolute atomic E-state index is 9.66. The fraction of sp³-hybridized carbons (Fsp3) is 0.333. The highest BCUT2D eigenvalue weighted by molar-refractivity contribution is 9.11. The van der Waals surface area contributed by atoms with Crippen LogP contribution in [0.15, 0.2) is 27.1 Å². The number of hydrogen-bond donors (Lipinski definition) is 2. The molecular weight excluding hydrogens is 300 g/mol. The van der Waals surface area contributed by atoms with Crippen molar-refractivity contribution in [1.29, 1.82) is 0 Å². The summed E-state index contributed by atoms with van der Waals surface area (Å²) >= 11 is 6.69. The molecule has 0 aliphatic heterocycles. The average Bonchev–Trinajstić information content (AvgIpc) is 2.04. The first kappa shape index (κ1) is 11.2. The minimum Gasteiger partial charge on any atom is -0.396 e. The van der Waals surface area contributed by atoms with Crippen molar-refractivity contribution in [3.8, 4) is 0 Å². The summed E-state index contributed by atoms with van der Waals surface area (Å²) in [4.78, 5) is 0. The summed E-state index contributed by atoms with van der Waals surface area (Å²) in [6.07, 6.45) is -0.281. The number of aliphatic hydroxyl groups excluding tert-OH is 2. The van der Waals surface area contributed by atoms with Gasteiger partial charge < -0.3 is 10.2 Å². The standard InChI is InChI=1S/C9H10Br2O2/c10-6-2-1-3-7(11)9(6)8(13)4-5-12/h1-3,8,12-13H,4-5H2. The second kappa shape index (κ2) is 5.10. The minimum absolute atomic E-state index is 0.0189. The molecule has 0 amide bonds. The summed E-state index contributed by atoms with van der Waals surface area (Å²) in [5.41, 5.74) is 0.788. The van der Waals surface area contributed by atoms with Gasteiger partial charge in [-0.3, -0.25) is 0 Å². The van der Waals surface area contributed by atoms with Crippen molar-refractivity contribution in [2.24, 2.45) is 0 Å². The molecule has 1 aromatic carbocycles. The van der Waals surface area contributed by atoms with Crippen LogP contribution in [-0.4, -0.2) is 16.8 Å². The van der Waals surface area contributed by atoms with Crippen molar-refractivity contribution in [1.82, 2.24) is 0 Å². The summed E-state index contributed by atoms with van der Waals surface area (Å²) in [5.74, 6) is 0. The number of benzene rings is 1. The Morgan fingerprint density at radius 3 is 2.23 bits per heavy atom. The summed E-state index contributed by atoms with van der Waals surface area (Å²) in [5, 5.41) is 18.4. The SMILES string of the molecule is OCCC(O)c1c(Br)cccc1Br. The molecule has 0 bridgehead atoms. The van der Waals surface area contributed by atoms with Crippen LogP contribution < -0.4 is 0 Å². The lowest BCUT2D eigenvalue weighted by atomic mass is 10.1. The van der Waals surface area contributed by atoms with Gasteiger partial charge in [0.1, 0.15) is 0 Å². The molecule has 0 aliphatic carbocycles. The van der Waals surface area contributed by atoms with Crippen molar-refractivity contribution >= 4 is 31.9 Å². The van der Waals surface area contributed by atoms with Crippen molar-refractivity contribution in [2.45, 2.75) is 12.5 Å². The van der Waals surface area contributed by atoms with E-state index in [0.29, 0.717) is 6.42 Å². The smallest absolute Gasteiger partial charge is 0.0833 e. The molecule has 2 N–H and O–H groups in total. The Hall–Kier alpha value is 0.1000. The lowest BCUT2D eigenvalue weighted by molar-refractivity contribution is 0.133. The molecule has 72 valence electrons. The van der Waals surface area contributed by atoms with Gasteiger partial charge in [0.2, 0.25) is 0 Å². The summed E-state index contributed by atoms with van der Waals surface area (Å²) < 4.78 is 1.70. The topological polar surface area (TPSA) is 40.5 Å². The molecule has 0 radical (unpaired) electrons. The van der Waals surface area contributed by atoms with Gasteiger partial charge in [-0.05, 0) is 12.1 Å². The van der Waals surface area contributed by atoms with E-state index >= 15 is 0 Å². The molecule has 1 aromatic rings. The van der Waals surface area contributed by atoms with Crippen LogP contribution in [-0.2, 0) is 0 Å². The van der Waals surface area contributed by atoms with E-state index in [1.54, 1.807) is 0 Å². The number of halogens is 2. The number of aliphatic hydroxyl groups is 2. The average molecular weight is 310 g/mol. The minimum atomic E-state index is -0.630. The summed E-state index contributed by atoms with van der Waals surface area (Å²) in [6, 6.07) is 5.60. The molecule has 13 heavy (non-hydrogen) atoms. The van der Waals surface area contributed by atoms with Crippen LogP contribution in [0.1, 0.15) is 18.1 Å². The first-order chi connectivity index (χ1) is 6.16. The maximum atomic E-state index is 9.66. The predicted octanol–water partition coefficient (Wildman–Crippen LogP) is 2.63. The molecule has 0 spiro atoms. The quantitative estimate of drug-likeness (QED) is 0.901. The highest BCUT2D eigenvalue weighted by Crippen LogP contribution is 2.31. The van der Waals surface area contributed by atoms with Crippen LogP contribution in [0.5, 0.6) is 0 Å². The molecule has 0 fully saturated rings. The van der Waals surface area contributed by atoms with Crippen LogP contribution in [0.2, 0.25) is 0 Å². The zero-order valence-corrected chi connectivity index (χ0v) is 10.0. The molecule has 0 heterocycles. The van der Waals surface area contributed by atoms with Crippen molar-refractivity contribution in [3.05, 3.63) is 32.7 Å². The number of rotatable bonds is 3. The van der Waals surface area contributed by atoms with Gasteiger partial charge in [0.05, 0.1) is 6.10 Å². The van der Waals surface area contributed by atoms with Gasteiger partial charge >= 0.3 is 0 Å². The zero-order chi connectivity index (χ0) is 9.84. The third-order valence-corrected chi connectivity index (χ3v) is 3.12. The van der Waals surface area contributed by atoms with Gasteiger partial charge in [-0.25, -0.2) is 0 Å². The molecule has 0 saturated heterocycles. The lowest BCUT2D eigenvalue weighted by Crippen LogP contribution is -2.02. The van der Waals surface area contributed by atoms with E-state index in [0.717, 1.165) is 14.5 Å². The van der Waals surface area contributed by atoms with Gasteiger partial charge in [0.15, 0.2) is 0 Å². The highest BCUT2D eigenvalue weighted by Gasteiger charge is 2.13. The fourth-order valence-corrected chi connectivity index (χ4v) is 2.62. The van der Waals surface area contributed by atoms with Gasteiger partial charge in [0.25, 0.3) is 0 Å². The molecule has 2 nitrogen and oxygen atoms in total. The van der Waals surface area contributed by atoms with Crippen LogP contribution in [0.25, 0.3) is 0 Å². The van der Waals surface area contributed by atoms with Crippen LogP contribution in [0, 0.1) is 0 Å². The van der Waals surface area contributed by atoms with E-state index in [1.807, 2.05) is 18.2 Å². The van der Waals surface area contributed by atoms with Gasteiger partial charge in [-0.15, -0.1) is 0 Å². The van der Waals surface area contributed by atoms with E-state index in [1.165, 1.54) is 0 Å². The Bertz CT molecular complexity index is 269. The Balaban J connectivity index is 2.98. The van der Waals surface area contributed by atoms with Crippen LogP contribution in [0.4, 0.5) is 0 Å². The second-order valence-corrected chi connectivity index (χ2v) is 4.37. The normalized spacial score (nSPS) is 12.9. The zero-order valence-electron chi connectivity index (χ0n) is 6.87. The molecule has 1 unspecified atom stereocenters. The van der Waals surface area contributed by atoms with E-state index in [2.05, 4.69) is 31.9 Å². The molecule has 0 aliphatic rings. The van der Waals surface area contributed by atoms with E-state index in [4.69, 9.17) is 5.11 Å². The molecule has 4 heteroatoms. The first-order valence-electron chi connectivity index (χ1n) is 3.89. The molecule has 0 saturated carbocycles. The Kier molecular flexibility index (Phi) is 4.38. The lowest BCUT2D eigenvalue weighted by Gasteiger charge is -2.13. The van der Waals surface area contributed by atoms with Gasteiger partial charge in [-0.1, -0.05) is 37.9 Å². The molecule has 1 rings (SSSR count). The monoisotopic (exact) mass is 308 g/mol. The summed E-state index contributed by atoms with van der Waals surface area (Å²) in [6.45, 7) is -0.0189. The van der Waals surface area contributed by atoms with E-state index in [-0.39, 0.29) is 6.61 Å².